The van der Waals surface area contributed by atoms with E-state index in [1.807, 2.05) is 13.0 Å². The number of hydrogen-bond donors (Lipinski definition) is 1. The predicted octanol–water partition coefficient (Wildman–Crippen LogP) is 4.02. The highest BCUT2D eigenvalue weighted by Crippen LogP contribution is 2.44. The zero-order valence-corrected chi connectivity index (χ0v) is 23.7. The molecular weight excluding hydrogens is 587 g/mol. The third kappa shape index (κ3) is 5.11. The number of nitrogens with one attached hydrogen (secondary N) is 1. The third-order valence-corrected chi connectivity index (χ3v) is 8.41. The topological polar surface area (TPSA) is 99.1 Å². The van der Waals surface area contributed by atoms with Crippen molar-refractivity contribution in [1.82, 2.24) is 14.8 Å². The molecule has 0 aliphatic carbocycles. The van der Waals surface area contributed by atoms with Crippen molar-refractivity contribution >= 4 is 29.3 Å². The first-order valence-electron chi connectivity index (χ1n) is 13.6. The lowest BCUT2D eigenvalue weighted by molar-refractivity contribution is 0.00988. The number of amides is 2. The highest BCUT2D eigenvalue weighted by atomic mass is 32.1. The first-order valence-corrected chi connectivity index (χ1v) is 14.0. The minimum atomic E-state index is -1.19. The molecule has 2 saturated heterocycles. The van der Waals surface area contributed by atoms with Gasteiger partial charge in [0.25, 0.3) is 11.8 Å². The van der Waals surface area contributed by atoms with Crippen molar-refractivity contribution in [3.63, 3.8) is 0 Å². The average molecular weight is 614 g/mol. The normalized spacial score (nSPS) is 22.5. The summed E-state index contributed by atoms with van der Waals surface area (Å²) in [4.78, 5) is 42.8. The van der Waals surface area contributed by atoms with Crippen molar-refractivity contribution in [3.05, 3.63) is 98.7 Å². The highest BCUT2D eigenvalue weighted by molar-refractivity contribution is 7.79. The Morgan fingerprint density at radius 3 is 2.56 bits per heavy atom. The number of rotatable bonds is 6. The largest absolute Gasteiger partial charge is 0.483 e. The molecule has 9 nitrogen and oxygen atoms in total. The van der Waals surface area contributed by atoms with Gasteiger partial charge in [-0.2, -0.15) is 0 Å². The number of carbonyl (C=O) groups is 2. The maximum absolute atomic E-state index is 14.3. The molecule has 2 amide bonds. The number of nitrogens with zero attached hydrogens (tertiary/aromatic N) is 2. The fourth-order valence-electron chi connectivity index (χ4n) is 5.86. The molecular formula is C30H26F3N3O6S. The van der Waals surface area contributed by atoms with Crippen LogP contribution in [0.2, 0.25) is 0 Å². The van der Waals surface area contributed by atoms with E-state index in [1.165, 1.54) is 10.8 Å². The van der Waals surface area contributed by atoms with Crippen molar-refractivity contribution in [1.29, 1.82) is 0 Å². The van der Waals surface area contributed by atoms with E-state index in [1.54, 1.807) is 29.2 Å². The van der Waals surface area contributed by atoms with Crippen molar-refractivity contribution in [2.75, 3.05) is 13.2 Å². The van der Waals surface area contributed by atoms with Gasteiger partial charge in [0.1, 0.15) is 36.2 Å². The summed E-state index contributed by atoms with van der Waals surface area (Å²) in [5.74, 6) is -5.27. The lowest BCUT2D eigenvalue weighted by atomic mass is 9.89. The van der Waals surface area contributed by atoms with Gasteiger partial charge in [0.05, 0.1) is 6.04 Å². The van der Waals surface area contributed by atoms with Crippen LogP contribution in [0.4, 0.5) is 13.2 Å². The van der Waals surface area contributed by atoms with E-state index < -0.39 is 64.0 Å². The first kappa shape index (κ1) is 28.7. The maximum Gasteiger partial charge on any atom is 0.353 e. The van der Waals surface area contributed by atoms with E-state index in [0.717, 1.165) is 0 Å². The van der Waals surface area contributed by atoms with Gasteiger partial charge >= 0.3 is 5.24 Å². The molecule has 3 aliphatic heterocycles. The fourth-order valence-corrected chi connectivity index (χ4v) is 6.08. The summed E-state index contributed by atoms with van der Waals surface area (Å²) >= 11 is 5.18. The Hall–Kier alpha value is -4.39. The quantitative estimate of drug-likeness (QED) is 0.420. The smallest absolute Gasteiger partial charge is 0.353 e. The number of aromatic nitrogens is 1. The predicted molar refractivity (Wildman–Crippen MR) is 150 cm³/mol. The summed E-state index contributed by atoms with van der Waals surface area (Å²) in [7, 11) is 0. The Labute approximate surface area is 249 Å². The first-order chi connectivity index (χ1) is 20.6. The lowest BCUT2D eigenvalue weighted by Gasteiger charge is -2.41. The van der Waals surface area contributed by atoms with E-state index in [-0.39, 0.29) is 42.5 Å². The van der Waals surface area contributed by atoms with Gasteiger partial charge in [0.15, 0.2) is 17.0 Å². The molecule has 2 fully saturated rings. The van der Waals surface area contributed by atoms with Gasteiger partial charge in [0.2, 0.25) is 5.43 Å². The number of carbonyl (C=O) groups excluding carboxylic acids is 2. The van der Waals surface area contributed by atoms with Gasteiger partial charge in [-0.05, 0) is 25.3 Å². The number of halogens is 3. The number of thiocarbonyl (C=S) groups is 1. The Kier molecular flexibility index (Phi) is 7.36. The molecule has 1 N–H and O–H groups in total. The number of pyridine rings is 1. The van der Waals surface area contributed by atoms with Gasteiger partial charge in [0, 0.05) is 55.2 Å². The molecule has 0 saturated carbocycles. The molecule has 2 bridgehead atoms. The van der Waals surface area contributed by atoms with Crippen LogP contribution in [0.5, 0.6) is 5.75 Å². The molecule has 224 valence electrons. The summed E-state index contributed by atoms with van der Waals surface area (Å²) < 4.78 is 61.0. The third-order valence-electron chi connectivity index (χ3n) is 8.21. The SMILES string of the molecule is C[C@H]1CC[C@]2(COC(=S)O2)[C@H]2CN1C(=O)c1c(OCc3ccccc3)c(=O)c(C(=O)NCc3c(F)cc(F)cc3F)cn12. The van der Waals surface area contributed by atoms with Crippen molar-refractivity contribution in [2.24, 2.45) is 0 Å². The van der Waals surface area contributed by atoms with Crippen LogP contribution < -0.4 is 15.5 Å². The van der Waals surface area contributed by atoms with Gasteiger partial charge in [-0.1, -0.05) is 30.3 Å². The molecule has 0 unspecified atom stereocenters. The molecule has 1 aromatic heterocycles. The zero-order valence-electron chi connectivity index (χ0n) is 22.9. The van der Waals surface area contributed by atoms with Crippen LogP contribution in [-0.2, 0) is 22.6 Å². The van der Waals surface area contributed by atoms with Crippen LogP contribution in [0.25, 0.3) is 0 Å². The van der Waals surface area contributed by atoms with Gasteiger partial charge in [-0.15, -0.1) is 0 Å². The van der Waals surface area contributed by atoms with Crippen molar-refractivity contribution in [2.45, 2.75) is 50.6 Å². The second-order valence-corrected chi connectivity index (χ2v) is 11.2. The van der Waals surface area contributed by atoms with E-state index in [0.29, 0.717) is 30.5 Å². The van der Waals surface area contributed by atoms with Crippen molar-refractivity contribution < 1.29 is 37.0 Å². The molecule has 3 aliphatic rings. The monoisotopic (exact) mass is 613 g/mol. The Bertz CT molecular complexity index is 1680. The van der Waals surface area contributed by atoms with Crippen LogP contribution in [0.15, 0.2) is 53.5 Å². The summed E-state index contributed by atoms with van der Waals surface area (Å²) in [6.45, 7) is 1.44. The second-order valence-electron chi connectivity index (χ2n) is 10.8. The minimum absolute atomic E-state index is 0.0394. The van der Waals surface area contributed by atoms with Crippen molar-refractivity contribution in [3.8, 4) is 5.75 Å². The van der Waals surface area contributed by atoms with E-state index in [4.69, 9.17) is 26.4 Å². The van der Waals surface area contributed by atoms with Crippen LogP contribution in [0, 0.1) is 17.5 Å². The molecule has 3 aromatic rings. The van der Waals surface area contributed by atoms with Crippen LogP contribution in [-0.4, -0.2) is 51.3 Å². The maximum atomic E-state index is 14.3. The van der Waals surface area contributed by atoms with E-state index in [2.05, 4.69) is 5.32 Å². The molecule has 4 heterocycles. The molecule has 6 rings (SSSR count). The molecule has 13 heteroatoms. The minimum Gasteiger partial charge on any atom is -0.483 e. The van der Waals surface area contributed by atoms with Gasteiger partial charge < -0.3 is 29.0 Å². The summed E-state index contributed by atoms with van der Waals surface area (Å²) in [5, 5.41) is 2.30. The highest BCUT2D eigenvalue weighted by Gasteiger charge is 2.55. The lowest BCUT2D eigenvalue weighted by Crippen LogP contribution is -2.53. The van der Waals surface area contributed by atoms with E-state index >= 15 is 0 Å². The van der Waals surface area contributed by atoms with Crippen LogP contribution >= 0.6 is 12.2 Å². The number of fused-ring (bicyclic) bond motifs is 5. The average Bonchev–Trinajstić information content (AvgIpc) is 3.30. The van der Waals surface area contributed by atoms with Gasteiger partial charge in [-0.3, -0.25) is 14.4 Å². The fraction of sp³-hybridized carbons (Fsp3) is 0.333. The number of benzene rings is 2. The molecule has 43 heavy (non-hydrogen) atoms. The summed E-state index contributed by atoms with van der Waals surface area (Å²) in [6, 6.07) is 9.10. The number of hydrogen-bond acceptors (Lipinski definition) is 7. The Balaban J connectivity index is 1.46. The van der Waals surface area contributed by atoms with Gasteiger partial charge in [-0.25, -0.2) is 13.2 Å². The van der Waals surface area contributed by atoms with Crippen LogP contribution in [0.3, 0.4) is 0 Å². The van der Waals surface area contributed by atoms with E-state index in [9.17, 15) is 27.6 Å². The Morgan fingerprint density at radius 2 is 1.88 bits per heavy atom. The molecule has 2 aromatic carbocycles. The summed E-state index contributed by atoms with van der Waals surface area (Å²) in [5.41, 5.74) is -2.23. The summed E-state index contributed by atoms with van der Waals surface area (Å²) in [6.07, 6.45) is 2.27. The molecule has 0 radical (unpaired) electrons. The molecule has 3 atom stereocenters. The standard InChI is InChI=1S/C30H26F3N3O6S/c1-16-7-8-30(15-41-29(43)42-30)23-13-35(16)28(39)24-26(40-14-17-5-3-2-4-6-17)25(37)20(12-36(23)24)27(38)34-11-19-21(32)9-18(31)10-22(19)33/h2-6,9-10,12,16,23H,7-8,11,13-15H2,1H3,(H,34,38)/t16-,23+,30-/m0/s1. The zero-order chi connectivity index (χ0) is 30.5. The van der Waals surface area contributed by atoms with Crippen LogP contribution in [0.1, 0.15) is 57.8 Å². The molecule has 1 spiro atoms. The second kappa shape index (κ2) is 11.0. The number of ether oxygens (including phenoxy) is 3. The Morgan fingerprint density at radius 1 is 1.16 bits per heavy atom.